The van der Waals surface area contributed by atoms with Crippen LogP contribution in [0.3, 0.4) is 0 Å². The lowest BCUT2D eigenvalue weighted by atomic mass is 9.70. The van der Waals surface area contributed by atoms with Crippen LogP contribution in [0, 0.1) is 11.3 Å². The molecule has 0 heterocycles. The first-order valence-corrected chi connectivity index (χ1v) is 11.5. The number of anilines is 2. The molecule has 0 fully saturated rings. The number of hydrogen-bond donors (Lipinski definition) is 1. The van der Waals surface area contributed by atoms with Gasteiger partial charge in [-0.3, -0.25) is 0 Å². The van der Waals surface area contributed by atoms with E-state index in [-0.39, 0.29) is 5.41 Å². The number of benzene rings is 5. The molecule has 2 heteroatoms. The van der Waals surface area contributed by atoms with Crippen molar-refractivity contribution in [1.82, 2.24) is 0 Å². The molecule has 34 heavy (non-hydrogen) atoms. The summed E-state index contributed by atoms with van der Waals surface area (Å²) in [5, 5.41) is 12.8. The fourth-order valence-electron chi connectivity index (χ4n) is 6.03. The highest BCUT2D eigenvalue weighted by Crippen LogP contribution is 2.63. The van der Waals surface area contributed by atoms with Gasteiger partial charge < -0.3 is 5.32 Å². The van der Waals surface area contributed by atoms with Gasteiger partial charge in [-0.1, -0.05) is 84.9 Å². The van der Waals surface area contributed by atoms with E-state index in [1.54, 1.807) is 0 Å². The second kappa shape index (κ2) is 6.94. The van der Waals surface area contributed by atoms with Crippen molar-refractivity contribution in [2.24, 2.45) is 0 Å². The summed E-state index contributed by atoms with van der Waals surface area (Å²) in [6.45, 7) is 0. The quantitative estimate of drug-likeness (QED) is 0.305. The summed E-state index contributed by atoms with van der Waals surface area (Å²) in [4.78, 5) is 0. The van der Waals surface area contributed by atoms with Crippen LogP contribution in [0.25, 0.3) is 22.3 Å². The Labute approximate surface area is 198 Å². The fraction of sp³-hybridized carbons (Fsp3) is 0.0312. The zero-order valence-electron chi connectivity index (χ0n) is 18.4. The van der Waals surface area contributed by atoms with E-state index in [1.165, 1.54) is 44.5 Å². The standard InChI is InChI=1S/C32H20N2/c33-20-21-16-18-22(19-17-21)34-30-15-7-14-29-31(30)25-10-3-6-13-28(25)32(29)26-11-4-1-8-23(26)24-9-2-5-12-27(24)32/h1-19,34H. The van der Waals surface area contributed by atoms with Crippen LogP contribution >= 0.6 is 0 Å². The molecule has 5 aromatic carbocycles. The Bertz CT molecular complexity index is 1590. The number of fused-ring (bicyclic) bond motifs is 10. The number of hydrogen-bond acceptors (Lipinski definition) is 2. The number of nitriles is 1. The Balaban J connectivity index is 1.53. The van der Waals surface area contributed by atoms with Crippen molar-refractivity contribution in [3.05, 3.63) is 143 Å². The largest absolute Gasteiger partial charge is 0.355 e. The van der Waals surface area contributed by atoms with Crippen molar-refractivity contribution >= 4 is 11.4 Å². The molecule has 2 aliphatic rings. The number of rotatable bonds is 2. The molecule has 0 saturated heterocycles. The monoisotopic (exact) mass is 432 g/mol. The minimum absolute atomic E-state index is 0.332. The van der Waals surface area contributed by atoms with Crippen LogP contribution in [0.1, 0.15) is 27.8 Å². The second-order valence-corrected chi connectivity index (χ2v) is 8.93. The maximum atomic E-state index is 9.16. The first-order chi connectivity index (χ1) is 16.8. The van der Waals surface area contributed by atoms with Crippen LogP contribution < -0.4 is 5.32 Å². The van der Waals surface area contributed by atoms with Gasteiger partial charge in [0.15, 0.2) is 0 Å². The molecule has 0 amide bonds. The summed E-state index contributed by atoms with van der Waals surface area (Å²) in [5.74, 6) is 0. The predicted molar refractivity (Wildman–Crippen MR) is 137 cm³/mol. The minimum Gasteiger partial charge on any atom is -0.355 e. The Hall–Kier alpha value is -4.61. The average molecular weight is 433 g/mol. The van der Waals surface area contributed by atoms with E-state index in [4.69, 9.17) is 5.26 Å². The molecule has 1 N–H and O–H groups in total. The third kappa shape index (κ3) is 2.33. The Morgan fingerprint density at radius 2 is 1.06 bits per heavy atom. The lowest BCUT2D eigenvalue weighted by Crippen LogP contribution is -2.25. The zero-order chi connectivity index (χ0) is 22.7. The minimum atomic E-state index is -0.332. The highest BCUT2D eigenvalue weighted by molar-refractivity contribution is 5.99. The van der Waals surface area contributed by atoms with Gasteiger partial charge in [0, 0.05) is 16.9 Å². The molecule has 5 aromatic rings. The third-order valence-electron chi connectivity index (χ3n) is 7.31. The normalized spacial score (nSPS) is 13.5. The zero-order valence-corrected chi connectivity index (χ0v) is 18.4. The second-order valence-electron chi connectivity index (χ2n) is 8.93. The Morgan fingerprint density at radius 1 is 0.529 bits per heavy atom. The molecule has 0 unspecified atom stereocenters. The van der Waals surface area contributed by atoms with Crippen LogP contribution in [0.4, 0.5) is 11.4 Å². The molecule has 158 valence electrons. The molecule has 0 aliphatic heterocycles. The molecule has 2 nitrogen and oxygen atoms in total. The summed E-state index contributed by atoms with van der Waals surface area (Å²) in [6, 6.07) is 42.9. The van der Waals surface area contributed by atoms with Gasteiger partial charge in [0.2, 0.25) is 0 Å². The van der Waals surface area contributed by atoms with Crippen LogP contribution in [0.2, 0.25) is 0 Å². The first kappa shape index (κ1) is 18.9. The van der Waals surface area contributed by atoms with Gasteiger partial charge in [0.25, 0.3) is 0 Å². The molecular formula is C32H20N2. The summed E-state index contributed by atoms with van der Waals surface area (Å²) in [7, 11) is 0. The summed E-state index contributed by atoms with van der Waals surface area (Å²) in [6.07, 6.45) is 0. The smallest absolute Gasteiger partial charge is 0.0991 e. The average Bonchev–Trinajstić information content (AvgIpc) is 3.37. The summed E-state index contributed by atoms with van der Waals surface area (Å²) in [5.41, 5.74) is 12.8. The number of nitrogens with one attached hydrogen (secondary N) is 1. The third-order valence-corrected chi connectivity index (χ3v) is 7.31. The van der Waals surface area contributed by atoms with Crippen molar-refractivity contribution in [2.75, 3.05) is 5.32 Å². The molecule has 2 aliphatic carbocycles. The van der Waals surface area contributed by atoms with E-state index in [2.05, 4.69) is 102 Å². The predicted octanol–water partition coefficient (Wildman–Crippen LogP) is 7.65. The first-order valence-electron chi connectivity index (χ1n) is 11.5. The maximum absolute atomic E-state index is 9.16. The lowest BCUT2D eigenvalue weighted by Gasteiger charge is -2.30. The van der Waals surface area contributed by atoms with E-state index >= 15 is 0 Å². The lowest BCUT2D eigenvalue weighted by molar-refractivity contribution is 0.794. The van der Waals surface area contributed by atoms with E-state index in [1.807, 2.05) is 24.3 Å². The molecule has 0 saturated carbocycles. The van der Waals surface area contributed by atoms with Crippen LogP contribution in [-0.4, -0.2) is 0 Å². The van der Waals surface area contributed by atoms with E-state index in [0.717, 1.165) is 11.4 Å². The van der Waals surface area contributed by atoms with Crippen LogP contribution in [0.15, 0.2) is 115 Å². The van der Waals surface area contributed by atoms with E-state index < -0.39 is 0 Å². The molecule has 0 aromatic heterocycles. The van der Waals surface area contributed by atoms with Gasteiger partial charge in [-0.15, -0.1) is 0 Å². The van der Waals surface area contributed by atoms with Gasteiger partial charge in [-0.05, 0) is 69.3 Å². The Morgan fingerprint density at radius 3 is 1.68 bits per heavy atom. The van der Waals surface area contributed by atoms with Crippen molar-refractivity contribution in [1.29, 1.82) is 5.26 Å². The molecule has 7 rings (SSSR count). The van der Waals surface area contributed by atoms with Gasteiger partial charge in [-0.2, -0.15) is 5.26 Å². The highest BCUT2D eigenvalue weighted by atomic mass is 14.9. The van der Waals surface area contributed by atoms with Gasteiger partial charge in [-0.25, -0.2) is 0 Å². The molecule has 1 spiro atoms. The topological polar surface area (TPSA) is 35.8 Å². The van der Waals surface area contributed by atoms with E-state index in [9.17, 15) is 0 Å². The number of nitrogens with zero attached hydrogens (tertiary/aromatic N) is 1. The van der Waals surface area contributed by atoms with Gasteiger partial charge in [0.1, 0.15) is 0 Å². The highest BCUT2D eigenvalue weighted by Gasteiger charge is 2.51. The SMILES string of the molecule is N#Cc1ccc(Nc2cccc3c2-c2ccccc2C32c3ccccc3-c3ccccc32)cc1. The molecule has 0 bridgehead atoms. The molecular weight excluding hydrogens is 412 g/mol. The van der Waals surface area contributed by atoms with Crippen LogP contribution in [-0.2, 0) is 5.41 Å². The molecule has 0 radical (unpaired) electrons. The van der Waals surface area contributed by atoms with E-state index in [0.29, 0.717) is 5.56 Å². The fourth-order valence-corrected chi connectivity index (χ4v) is 6.03. The van der Waals surface area contributed by atoms with Crippen molar-refractivity contribution in [3.63, 3.8) is 0 Å². The summed E-state index contributed by atoms with van der Waals surface area (Å²) >= 11 is 0. The van der Waals surface area contributed by atoms with Crippen molar-refractivity contribution in [3.8, 4) is 28.3 Å². The van der Waals surface area contributed by atoms with Gasteiger partial charge >= 0.3 is 0 Å². The maximum Gasteiger partial charge on any atom is 0.0991 e. The van der Waals surface area contributed by atoms with Crippen molar-refractivity contribution in [2.45, 2.75) is 5.41 Å². The van der Waals surface area contributed by atoms with Crippen molar-refractivity contribution < 1.29 is 0 Å². The Kier molecular flexibility index (Phi) is 3.86. The van der Waals surface area contributed by atoms with Crippen LogP contribution in [0.5, 0.6) is 0 Å². The summed E-state index contributed by atoms with van der Waals surface area (Å²) < 4.78 is 0. The molecule has 0 atom stereocenters. The van der Waals surface area contributed by atoms with Gasteiger partial charge in [0.05, 0.1) is 17.0 Å².